The maximum Gasteiger partial charge on any atom is 0.0662 e. The Morgan fingerprint density at radius 1 is 1.00 bits per heavy atom. The van der Waals surface area contributed by atoms with Gasteiger partial charge in [0.2, 0.25) is 0 Å². The zero-order valence-corrected chi connectivity index (χ0v) is 7.95. The fourth-order valence-electron chi connectivity index (χ4n) is 1.77. The van der Waals surface area contributed by atoms with Gasteiger partial charge in [-0.2, -0.15) is 0 Å². The van der Waals surface area contributed by atoms with E-state index in [0.717, 1.165) is 0 Å². The number of hydrogen-bond acceptors (Lipinski definition) is 3. The van der Waals surface area contributed by atoms with Crippen LogP contribution in [0.1, 0.15) is 27.7 Å². The summed E-state index contributed by atoms with van der Waals surface area (Å²) in [5, 5.41) is 0. The van der Waals surface area contributed by atoms with E-state index >= 15 is 0 Å². The molecular weight excluding hydrogens is 138 g/mol. The van der Waals surface area contributed by atoms with Crippen molar-refractivity contribution in [1.29, 1.82) is 0 Å². The fourth-order valence-corrected chi connectivity index (χ4v) is 1.77. The van der Waals surface area contributed by atoms with Crippen LogP contribution in [0.4, 0.5) is 0 Å². The maximum atomic E-state index is 4.28. The summed E-state index contributed by atoms with van der Waals surface area (Å²) >= 11 is 0. The molecule has 1 saturated heterocycles. The van der Waals surface area contributed by atoms with Gasteiger partial charge in [-0.3, -0.25) is 4.99 Å². The molecule has 2 N–H and O–H groups in total. The molecule has 3 heteroatoms. The molecule has 0 amide bonds. The Kier molecular flexibility index (Phi) is 1.81. The number of rotatable bonds is 0. The van der Waals surface area contributed by atoms with E-state index in [2.05, 4.69) is 43.5 Å². The molecule has 1 aliphatic rings. The third kappa shape index (κ3) is 1.30. The van der Waals surface area contributed by atoms with Gasteiger partial charge in [0.1, 0.15) is 0 Å². The van der Waals surface area contributed by atoms with E-state index in [0.29, 0.717) is 0 Å². The second-order valence-corrected chi connectivity index (χ2v) is 4.07. The molecular formula is C8H17N3. The summed E-state index contributed by atoms with van der Waals surface area (Å²) in [5.74, 6) is 0. The molecule has 0 radical (unpaired) electrons. The summed E-state index contributed by atoms with van der Waals surface area (Å²) in [4.78, 5) is 4.28. The Hall–Kier alpha value is -0.410. The Balaban J connectivity index is 2.99. The van der Waals surface area contributed by atoms with Gasteiger partial charge in [-0.15, -0.1) is 0 Å². The molecule has 0 aromatic heterocycles. The number of hydrogen-bond donors (Lipinski definition) is 2. The average Bonchev–Trinajstić information content (AvgIpc) is 2.03. The molecule has 0 saturated carbocycles. The summed E-state index contributed by atoms with van der Waals surface area (Å²) in [6, 6.07) is 0. The fraction of sp³-hybridized carbons (Fsp3) is 0.875. The Morgan fingerprint density at radius 2 is 1.36 bits per heavy atom. The summed E-state index contributed by atoms with van der Waals surface area (Å²) in [5.41, 5.74) is 7.55. The first-order valence-corrected chi connectivity index (χ1v) is 3.92. The molecule has 0 aromatic rings. The number of aliphatic imine (C=N–C) groups is 1. The minimum Gasteiger partial charge on any atom is -0.293 e. The first-order valence-electron chi connectivity index (χ1n) is 3.92. The van der Waals surface area contributed by atoms with Crippen LogP contribution in [0.2, 0.25) is 0 Å². The largest absolute Gasteiger partial charge is 0.293 e. The summed E-state index contributed by atoms with van der Waals surface area (Å²) in [7, 11) is 1.84. The van der Waals surface area contributed by atoms with Crippen LogP contribution in [0, 0.1) is 0 Å². The van der Waals surface area contributed by atoms with Crippen molar-refractivity contribution in [2.45, 2.75) is 38.8 Å². The topological polar surface area (TPSA) is 36.4 Å². The lowest BCUT2D eigenvalue weighted by atomic mass is 9.88. The predicted molar refractivity (Wildman–Crippen MR) is 47.8 cm³/mol. The van der Waals surface area contributed by atoms with Crippen molar-refractivity contribution in [3.63, 3.8) is 0 Å². The number of nitrogens with one attached hydrogen (secondary N) is 2. The van der Waals surface area contributed by atoms with Crippen molar-refractivity contribution in [3.8, 4) is 0 Å². The highest BCUT2D eigenvalue weighted by Gasteiger charge is 2.42. The van der Waals surface area contributed by atoms with Gasteiger partial charge >= 0.3 is 0 Å². The molecule has 1 aliphatic heterocycles. The van der Waals surface area contributed by atoms with Gasteiger partial charge in [0.15, 0.2) is 0 Å². The first-order chi connectivity index (χ1) is 4.90. The van der Waals surface area contributed by atoms with Crippen LogP contribution in [-0.4, -0.2) is 23.8 Å². The highest BCUT2D eigenvalue weighted by molar-refractivity contribution is 6.01. The molecule has 0 spiro atoms. The molecule has 64 valence electrons. The monoisotopic (exact) mass is 155 g/mol. The van der Waals surface area contributed by atoms with Crippen LogP contribution >= 0.6 is 0 Å². The Morgan fingerprint density at radius 3 is 1.55 bits per heavy atom. The molecule has 3 nitrogen and oxygen atoms in total. The van der Waals surface area contributed by atoms with Gasteiger partial charge in [0.05, 0.1) is 16.8 Å². The van der Waals surface area contributed by atoms with Crippen LogP contribution in [0.25, 0.3) is 0 Å². The van der Waals surface area contributed by atoms with E-state index in [1.165, 1.54) is 5.71 Å². The molecule has 1 fully saturated rings. The summed E-state index contributed by atoms with van der Waals surface area (Å²) in [6.07, 6.45) is 0. The first kappa shape index (κ1) is 8.68. The molecule has 0 unspecified atom stereocenters. The quantitative estimate of drug-likeness (QED) is 0.541. The zero-order chi connectivity index (χ0) is 8.70. The Labute approximate surface area is 68.3 Å². The molecule has 0 bridgehead atoms. The van der Waals surface area contributed by atoms with Crippen molar-refractivity contribution in [3.05, 3.63) is 0 Å². The molecule has 0 atom stereocenters. The third-order valence-corrected chi connectivity index (χ3v) is 2.10. The molecule has 0 aliphatic carbocycles. The van der Waals surface area contributed by atoms with E-state index in [1.807, 2.05) is 7.05 Å². The smallest absolute Gasteiger partial charge is 0.0662 e. The molecule has 1 rings (SSSR count). The van der Waals surface area contributed by atoms with Crippen molar-refractivity contribution in [1.82, 2.24) is 10.9 Å². The third-order valence-electron chi connectivity index (χ3n) is 2.10. The van der Waals surface area contributed by atoms with E-state index in [9.17, 15) is 0 Å². The van der Waals surface area contributed by atoms with Crippen molar-refractivity contribution >= 4 is 5.71 Å². The molecule has 11 heavy (non-hydrogen) atoms. The van der Waals surface area contributed by atoms with Crippen LogP contribution in [0.5, 0.6) is 0 Å². The highest BCUT2D eigenvalue weighted by atomic mass is 15.5. The number of hydrazine groups is 1. The van der Waals surface area contributed by atoms with Crippen molar-refractivity contribution < 1.29 is 0 Å². The standard InChI is InChI=1S/C8H17N3/c1-7(2)6(9-5)8(3,4)11-10-7/h10-11H,1-5H3. The van der Waals surface area contributed by atoms with Gasteiger partial charge in [-0.25, -0.2) is 10.9 Å². The molecule has 1 heterocycles. The summed E-state index contributed by atoms with van der Waals surface area (Å²) in [6.45, 7) is 8.49. The van der Waals surface area contributed by atoms with Gasteiger partial charge in [0, 0.05) is 7.05 Å². The SMILES string of the molecule is CN=C1C(C)(C)NNC1(C)C. The van der Waals surface area contributed by atoms with Gasteiger partial charge in [-0.05, 0) is 27.7 Å². The van der Waals surface area contributed by atoms with E-state index in [1.54, 1.807) is 0 Å². The Bertz CT molecular complexity index is 174. The lowest BCUT2D eigenvalue weighted by Gasteiger charge is -2.22. The second kappa shape index (κ2) is 2.29. The van der Waals surface area contributed by atoms with E-state index in [4.69, 9.17) is 0 Å². The predicted octanol–water partition coefficient (Wildman–Crippen LogP) is 0.722. The van der Waals surface area contributed by atoms with Crippen LogP contribution in [-0.2, 0) is 0 Å². The van der Waals surface area contributed by atoms with E-state index in [-0.39, 0.29) is 11.1 Å². The van der Waals surface area contributed by atoms with Crippen LogP contribution in [0.3, 0.4) is 0 Å². The lowest BCUT2D eigenvalue weighted by molar-refractivity contribution is 0.428. The number of nitrogens with zero attached hydrogens (tertiary/aromatic N) is 1. The minimum atomic E-state index is -0.0156. The lowest BCUT2D eigenvalue weighted by Crippen LogP contribution is -2.41. The van der Waals surface area contributed by atoms with Crippen LogP contribution in [0.15, 0.2) is 4.99 Å². The summed E-state index contributed by atoms with van der Waals surface area (Å²) < 4.78 is 0. The van der Waals surface area contributed by atoms with Gasteiger partial charge < -0.3 is 0 Å². The van der Waals surface area contributed by atoms with Gasteiger partial charge in [0.25, 0.3) is 0 Å². The maximum absolute atomic E-state index is 4.28. The highest BCUT2D eigenvalue weighted by Crippen LogP contribution is 2.21. The average molecular weight is 155 g/mol. The minimum absolute atomic E-state index is 0.0156. The van der Waals surface area contributed by atoms with Crippen LogP contribution < -0.4 is 10.9 Å². The van der Waals surface area contributed by atoms with Crippen molar-refractivity contribution in [2.75, 3.05) is 7.05 Å². The zero-order valence-electron chi connectivity index (χ0n) is 7.95. The molecule has 0 aromatic carbocycles. The normalized spacial score (nSPS) is 27.2. The second-order valence-electron chi connectivity index (χ2n) is 4.07. The van der Waals surface area contributed by atoms with E-state index < -0.39 is 0 Å². The van der Waals surface area contributed by atoms with Crippen molar-refractivity contribution in [2.24, 2.45) is 4.99 Å². The van der Waals surface area contributed by atoms with Gasteiger partial charge in [-0.1, -0.05) is 0 Å².